The Kier molecular flexibility index (Phi) is 2.66. The highest BCUT2D eigenvalue weighted by atomic mass is 35.5. The average molecular weight is 237 g/mol. The Balaban J connectivity index is 1.89. The molecule has 1 aliphatic heterocycles. The van der Waals surface area contributed by atoms with Gasteiger partial charge in [-0.05, 0) is 25.3 Å². The first-order valence-electron chi connectivity index (χ1n) is 4.91. The van der Waals surface area contributed by atoms with E-state index in [0.717, 1.165) is 19.5 Å². The normalized spacial score (nSPS) is 34.6. The van der Waals surface area contributed by atoms with Gasteiger partial charge in [-0.1, -0.05) is 0 Å². The van der Waals surface area contributed by atoms with Crippen LogP contribution in [0.1, 0.15) is 12.8 Å². The third-order valence-electron chi connectivity index (χ3n) is 3.05. The molecule has 1 amide bonds. The third kappa shape index (κ3) is 1.86. The first-order valence-corrected chi connectivity index (χ1v) is 5.67. The molecule has 2 fully saturated rings. The SMILES string of the molecule is NCC1CCN(C(=O)C2CC2(Cl)Cl)C1. The van der Waals surface area contributed by atoms with Crippen LogP contribution in [0.4, 0.5) is 0 Å². The Bertz CT molecular complexity index is 257. The number of hydrogen-bond donors (Lipinski definition) is 1. The summed E-state index contributed by atoms with van der Waals surface area (Å²) in [6.07, 6.45) is 1.60. The average Bonchev–Trinajstić information content (AvgIpc) is 2.64. The summed E-state index contributed by atoms with van der Waals surface area (Å²) in [6.45, 7) is 2.23. The molecule has 2 unspecified atom stereocenters. The maximum Gasteiger partial charge on any atom is 0.228 e. The maximum atomic E-state index is 11.8. The monoisotopic (exact) mass is 236 g/mol. The molecular weight excluding hydrogens is 223 g/mol. The van der Waals surface area contributed by atoms with Gasteiger partial charge >= 0.3 is 0 Å². The van der Waals surface area contributed by atoms with Gasteiger partial charge in [0.25, 0.3) is 0 Å². The van der Waals surface area contributed by atoms with Crippen LogP contribution in [-0.2, 0) is 4.79 Å². The fraction of sp³-hybridized carbons (Fsp3) is 0.889. The number of alkyl halides is 2. The summed E-state index contributed by atoms with van der Waals surface area (Å²) in [5.74, 6) is 0.381. The minimum atomic E-state index is -0.794. The maximum absolute atomic E-state index is 11.8. The van der Waals surface area contributed by atoms with Gasteiger partial charge in [0.2, 0.25) is 5.91 Å². The lowest BCUT2D eigenvalue weighted by molar-refractivity contribution is -0.131. The van der Waals surface area contributed by atoms with Crippen molar-refractivity contribution in [1.29, 1.82) is 0 Å². The van der Waals surface area contributed by atoms with Crippen molar-refractivity contribution in [2.75, 3.05) is 19.6 Å². The number of rotatable bonds is 2. The molecule has 0 aromatic carbocycles. The Labute approximate surface area is 93.5 Å². The van der Waals surface area contributed by atoms with Gasteiger partial charge in [0.1, 0.15) is 4.33 Å². The quantitative estimate of drug-likeness (QED) is 0.728. The molecule has 2 atom stereocenters. The molecule has 14 heavy (non-hydrogen) atoms. The third-order valence-corrected chi connectivity index (χ3v) is 3.89. The highest BCUT2D eigenvalue weighted by molar-refractivity contribution is 6.52. The summed E-state index contributed by atoms with van der Waals surface area (Å²) < 4.78 is -0.794. The van der Waals surface area contributed by atoms with Crippen LogP contribution in [0.5, 0.6) is 0 Å². The molecule has 0 spiro atoms. The van der Waals surface area contributed by atoms with Gasteiger partial charge in [0, 0.05) is 13.1 Å². The first kappa shape index (κ1) is 10.5. The van der Waals surface area contributed by atoms with Gasteiger partial charge in [-0.25, -0.2) is 0 Å². The second-order valence-corrected chi connectivity index (χ2v) is 5.73. The number of carbonyl (C=O) groups excluding carboxylic acids is 1. The predicted molar refractivity (Wildman–Crippen MR) is 56.3 cm³/mol. The van der Waals surface area contributed by atoms with E-state index in [9.17, 15) is 4.79 Å². The fourth-order valence-electron chi connectivity index (χ4n) is 1.93. The molecule has 1 aliphatic carbocycles. The van der Waals surface area contributed by atoms with Crippen molar-refractivity contribution in [3.05, 3.63) is 0 Å². The van der Waals surface area contributed by atoms with E-state index in [1.165, 1.54) is 0 Å². The molecule has 1 saturated carbocycles. The fourth-order valence-corrected chi connectivity index (χ4v) is 2.42. The number of amides is 1. The van der Waals surface area contributed by atoms with Gasteiger partial charge in [0.15, 0.2) is 0 Å². The van der Waals surface area contributed by atoms with Crippen molar-refractivity contribution in [2.24, 2.45) is 17.6 Å². The van der Waals surface area contributed by atoms with Crippen LogP contribution in [0, 0.1) is 11.8 Å². The minimum Gasteiger partial charge on any atom is -0.342 e. The summed E-state index contributed by atoms with van der Waals surface area (Å²) in [5, 5.41) is 0. The lowest BCUT2D eigenvalue weighted by Gasteiger charge is -2.16. The molecule has 0 aromatic heterocycles. The second-order valence-electron chi connectivity index (χ2n) is 4.19. The molecule has 2 aliphatic rings. The van der Waals surface area contributed by atoms with E-state index in [0.29, 0.717) is 18.9 Å². The second kappa shape index (κ2) is 3.54. The molecule has 5 heteroatoms. The number of nitrogens with zero attached hydrogens (tertiary/aromatic N) is 1. The zero-order valence-electron chi connectivity index (χ0n) is 7.88. The van der Waals surface area contributed by atoms with Gasteiger partial charge in [0.05, 0.1) is 5.92 Å². The Morgan fingerprint density at radius 1 is 1.57 bits per heavy atom. The van der Waals surface area contributed by atoms with E-state index in [1.807, 2.05) is 4.90 Å². The Morgan fingerprint density at radius 2 is 2.21 bits per heavy atom. The largest absolute Gasteiger partial charge is 0.342 e. The van der Waals surface area contributed by atoms with Crippen LogP contribution in [0.3, 0.4) is 0 Å². The molecule has 0 bridgehead atoms. The summed E-state index contributed by atoms with van der Waals surface area (Å²) in [6, 6.07) is 0. The lowest BCUT2D eigenvalue weighted by atomic mass is 10.1. The number of nitrogens with two attached hydrogens (primary N) is 1. The zero-order chi connectivity index (χ0) is 10.3. The summed E-state index contributed by atoms with van der Waals surface area (Å²) in [5.41, 5.74) is 5.55. The summed E-state index contributed by atoms with van der Waals surface area (Å²) >= 11 is 11.7. The molecule has 1 heterocycles. The van der Waals surface area contributed by atoms with E-state index >= 15 is 0 Å². The number of likely N-dealkylation sites (tertiary alicyclic amines) is 1. The van der Waals surface area contributed by atoms with Crippen molar-refractivity contribution >= 4 is 29.1 Å². The molecule has 3 nitrogen and oxygen atoms in total. The minimum absolute atomic E-state index is 0.103. The van der Waals surface area contributed by atoms with Gasteiger partial charge in [-0.2, -0.15) is 0 Å². The smallest absolute Gasteiger partial charge is 0.228 e. The molecule has 1 saturated heterocycles. The van der Waals surface area contributed by atoms with Crippen LogP contribution >= 0.6 is 23.2 Å². The van der Waals surface area contributed by atoms with Crippen LogP contribution in [0.25, 0.3) is 0 Å². The van der Waals surface area contributed by atoms with E-state index in [2.05, 4.69) is 0 Å². The predicted octanol–water partition coefficient (Wildman–Crippen LogP) is 0.987. The van der Waals surface area contributed by atoms with Crippen molar-refractivity contribution in [1.82, 2.24) is 4.90 Å². The van der Waals surface area contributed by atoms with Gasteiger partial charge in [-0.15, -0.1) is 23.2 Å². The van der Waals surface area contributed by atoms with Crippen molar-refractivity contribution in [3.8, 4) is 0 Å². The summed E-state index contributed by atoms with van der Waals surface area (Å²) in [7, 11) is 0. The lowest BCUT2D eigenvalue weighted by Crippen LogP contribution is -2.32. The van der Waals surface area contributed by atoms with E-state index in [-0.39, 0.29) is 11.8 Å². The highest BCUT2D eigenvalue weighted by Crippen LogP contribution is 2.54. The van der Waals surface area contributed by atoms with Crippen LogP contribution in [-0.4, -0.2) is 34.8 Å². The van der Waals surface area contributed by atoms with Crippen molar-refractivity contribution in [2.45, 2.75) is 17.2 Å². The molecular formula is C9H14Cl2N2O. The Morgan fingerprint density at radius 3 is 2.64 bits per heavy atom. The summed E-state index contributed by atoms with van der Waals surface area (Å²) in [4.78, 5) is 13.6. The van der Waals surface area contributed by atoms with Crippen LogP contribution in [0.15, 0.2) is 0 Å². The molecule has 80 valence electrons. The number of halogens is 2. The van der Waals surface area contributed by atoms with E-state index in [4.69, 9.17) is 28.9 Å². The van der Waals surface area contributed by atoms with Crippen molar-refractivity contribution < 1.29 is 4.79 Å². The highest BCUT2D eigenvalue weighted by Gasteiger charge is 2.57. The molecule has 0 radical (unpaired) electrons. The van der Waals surface area contributed by atoms with Crippen LogP contribution < -0.4 is 5.73 Å². The van der Waals surface area contributed by atoms with Crippen molar-refractivity contribution in [3.63, 3.8) is 0 Å². The van der Waals surface area contributed by atoms with E-state index < -0.39 is 4.33 Å². The standard InChI is InChI=1S/C9H14Cl2N2O/c10-9(11)3-7(9)8(14)13-2-1-6(4-12)5-13/h6-7H,1-5,12H2. The molecule has 2 rings (SSSR count). The molecule has 2 N–H and O–H groups in total. The Hall–Kier alpha value is 0.01000. The van der Waals surface area contributed by atoms with E-state index in [1.54, 1.807) is 0 Å². The molecule has 0 aromatic rings. The zero-order valence-corrected chi connectivity index (χ0v) is 9.39. The van der Waals surface area contributed by atoms with Crippen LogP contribution in [0.2, 0.25) is 0 Å². The van der Waals surface area contributed by atoms with Gasteiger partial charge in [-0.3, -0.25) is 4.79 Å². The number of hydrogen-bond acceptors (Lipinski definition) is 2. The first-order chi connectivity index (χ1) is 6.54. The topological polar surface area (TPSA) is 46.3 Å². The van der Waals surface area contributed by atoms with Gasteiger partial charge < -0.3 is 10.6 Å². The number of carbonyl (C=O) groups is 1.